The van der Waals surface area contributed by atoms with E-state index in [9.17, 15) is 4.79 Å². The van der Waals surface area contributed by atoms with Crippen molar-refractivity contribution in [3.8, 4) is 11.5 Å². The van der Waals surface area contributed by atoms with Crippen LogP contribution in [0, 0.1) is 5.41 Å². The lowest BCUT2D eigenvalue weighted by Crippen LogP contribution is -2.37. The normalized spacial score (nSPS) is 15.9. The minimum Gasteiger partial charge on any atom is -0.493 e. The van der Waals surface area contributed by atoms with Crippen molar-refractivity contribution in [1.29, 1.82) is 0 Å². The second-order valence-electron chi connectivity index (χ2n) is 7.46. The molecule has 142 valence electrons. The first-order chi connectivity index (χ1) is 12.8. The minimum atomic E-state index is -0.685. The Kier molecular flexibility index (Phi) is 5.22. The standard InChI is InChI=1S/C22H26N2O3/c1-15(2)24-21(25)22(3,4)20(23-24)17-11-12-18(26-5)19(13-17)27-14-16-9-7-6-8-10-16/h6-13,15H,14H2,1-5H3. The van der Waals surface area contributed by atoms with E-state index in [4.69, 9.17) is 9.47 Å². The molecule has 0 saturated carbocycles. The molecular formula is C22H26N2O3. The van der Waals surface area contributed by atoms with Gasteiger partial charge in [0.25, 0.3) is 5.91 Å². The Morgan fingerprint density at radius 3 is 2.37 bits per heavy atom. The van der Waals surface area contributed by atoms with Gasteiger partial charge in [-0.15, -0.1) is 0 Å². The molecular weight excluding hydrogens is 340 g/mol. The van der Waals surface area contributed by atoms with Crippen molar-refractivity contribution in [3.05, 3.63) is 59.7 Å². The monoisotopic (exact) mass is 366 g/mol. The Morgan fingerprint density at radius 1 is 1.07 bits per heavy atom. The first-order valence-electron chi connectivity index (χ1n) is 9.12. The fraction of sp³-hybridized carbons (Fsp3) is 0.364. The van der Waals surface area contributed by atoms with Crippen LogP contribution in [0.15, 0.2) is 53.6 Å². The van der Waals surface area contributed by atoms with Crippen molar-refractivity contribution in [1.82, 2.24) is 5.01 Å². The van der Waals surface area contributed by atoms with E-state index in [0.717, 1.165) is 16.8 Å². The highest BCUT2D eigenvalue weighted by molar-refractivity contribution is 6.19. The van der Waals surface area contributed by atoms with E-state index >= 15 is 0 Å². The van der Waals surface area contributed by atoms with Crippen LogP contribution in [-0.4, -0.2) is 29.8 Å². The maximum Gasteiger partial charge on any atom is 0.254 e. The van der Waals surface area contributed by atoms with Gasteiger partial charge in [-0.1, -0.05) is 30.3 Å². The first kappa shape index (κ1) is 19.0. The first-order valence-corrected chi connectivity index (χ1v) is 9.12. The summed E-state index contributed by atoms with van der Waals surface area (Å²) in [4.78, 5) is 12.7. The third kappa shape index (κ3) is 3.68. The minimum absolute atomic E-state index is 0.00933. The molecule has 2 aromatic rings. The zero-order chi connectivity index (χ0) is 19.6. The SMILES string of the molecule is COc1ccc(C2=NN(C(C)C)C(=O)C2(C)C)cc1OCc1ccccc1. The molecule has 1 heterocycles. The quantitative estimate of drug-likeness (QED) is 0.768. The number of amides is 1. The number of methoxy groups -OCH3 is 1. The summed E-state index contributed by atoms with van der Waals surface area (Å²) in [5.41, 5.74) is 1.99. The maximum absolute atomic E-state index is 12.7. The summed E-state index contributed by atoms with van der Waals surface area (Å²) >= 11 is 0. The van der Waals surface area contributed by atoms with Crippen LogP contribution in [0.3, 0.4) is 0 Å². The number of hydrazone groups is 1. The Balaban J connectivity index is 1.93. The smallest absolute Gasteiger partial charge is 0.254 e. The van der Waals surface area contributed by atoms with E-state index in [1.54, 1.807) is 12.1 Å². The average molecular weight is 366 g/mol. The topological polar surface area (TPSA) is 51.1 Å². The largest absolute Gasteiger partial charge is 0.493 e. The van der Waals surface area contributed by atoms with Gasteiger partial charge in [-0.3, -0.25) is 4.79 Å². The summed E-state index contributed by atoms with van der Waals surface area (Å²) in [6.07, 6.45) is 0. The van der Waals surface area contributed by atoms with Gasteiger partial charge in [-0.05, 0) is 51.5 Å². The van der Waals surface area contributed by atoms with Crippen molar-refractivity contribution in [2.75, 3.05) is 7.11 Å². The van der Waals surface area contributed by atoms with E-state index < -0.39 is 5.41 Å². The molecule has 1 amide bonds. The molecule has 1 aliphatic rings. The zero-order valence-electron chi connectivity index (χ0n) is 16.5. The molecule has 0 atom stereocenters. The number of ether oxygens (including phenoxy) is 2. The molecule has 0 aliphatic carbocycles. The van der Waals surface area contributed by atoms with Gasteiger partial charge < -0.3 is 9.47 Å². The van der Waals surface area contributed by atoms with Gasteiger partial charge in [0, 0.05) is 11.6 Å². The maximum atomic E-state index is 12.7. The van der Waals surface area contributed by atoms with Crippen LogP contribution < -0.4 is 9.47 Å². The fourth-order valence-electron chi connectivity index (χ4n) is 3.11. The highest BCUT2D eigenvalue weighted by Crippen LogP contribution is 2.36. The molecule has 0 spiro atoms. The molecule has 0 saturated heterocycles. The van der Waals surface area contributed by atoms with Crippen molar-refractivity contribution in [2.45, 2.75) is 40.3 Å². The van der Waals surface area contributed by atoms with Gasteiger partial charge in [-0.2, -0.15) is 5.10 Å². The van der Waals surface area contributed by atoms with E-state index in [2.05, 4.69) is 5.10 Å². The number of carbonyl (C=O) groups excluding carboxylic acids is 1. The molecule has 0 bridgehead atoms. The van der Waals surface area contributed by atoms with Crippen molar-refractivity contribution >= 4 is 11.6 Å². The van der Waals surface area contributed by atoms with Crippen molar-refractivity contribution in [3.63, 3.8) is 0 Å². The van der Waals surface area contributed by atoms with Gasteiger partial charge in [0.1, 0.15) is 6.61 Å². The van der Waals surface area contributed by atoms with Crippen LogP contribution in [0.1, 0.15) is 38.8 Å². The average Bonchev–Trinajstić information content (AvgIpc) is 2.90. The molecule has 5 nitrogen and oxygen atoms in total. The molecule has 0 radical (unpaired) electrons. The summed E-state index contributed by atoms with van der Waals surface area (Å²) in [7, 11) is 1.62. The number of nitrogens with zero attached hydrogens (tertiary/aromatic N) is 2. The Labute approximate surface area is 160 Å². The van der Waals surface area contributed by atoms with Crippen LogP contribution in [-0.2, 0) is 11.4 Å². The molecule has 2 aromatic carbocycles. The molecule has 0 aromatic heterocycles. The number of hydrogen-bond donors (Lipinski definition) is 0. The molecule has 5 heteroatoms. The van der Waals surface area contributed by atoms with Gasteiger partial charge in [0.05, 0.1) is 18.2 Å². The third-order valence-electron chi connectivity index (χ3n) is 4.71. The highest BCUT2D eigenvalue weighted by atomic mass is 16.5. The number of carbonyl (C=O) groups is 1. The predicted octanol–water partition coefficient (Wildman–Crippen LogP) is 4.26. The van der Waals surface area contributed by atoms with E-state index in [1.807, 2.05) is 76.2 Å². The number of hydrogen-bond acceptors (Lipinski definition) is 4. The van der Waals surface area contributed by atoms with Gasteiger partial charge in [-0.25, -0.2) is 5.01 Å². The van der Waals surface area contributed by atoms with E-state index in [-0.39, 0.29) is 11.9 Å². The highest BCUT2D eigenvalue weighted by Gasteiger charge is 2.44. The summed E-state index contributed by atoms with van der Waals surface area (Å²) in [5.74, 6) is 1.29. The molecule has 0 fully saturated rings. The van der Waals surface area contributed by atoms with Crippen molar-refractivity contribution < 1.29 is 14.3 Å². The second-order valence-corrected chi connectivity index (χ2v) is 7.46. The lowest BCUT2D eigenvalue weighted by molar-refractivity contribution is -0.136. The molecule has 0 unspecified atom stereocenters. The third-order valence-corrected chi connectivity index (χ3v) is 4.71. The number of rotatable bonds is 6. The molecule has 27 heavy (non-hydrogen) atoms. The Bertz CT molecular complexity index is 857. The van der Waals surface area contributed by atoms with Crippen molar-refractivity contribution in [2.24, 2.45) is 10.5 Å². The Morgan fingerprint density at radius 2 is 1.78 bits per heavy atom. The van der Waals surface area contributed by atoms with Crippen LogP contribution in [0.25, 0.3) is 0 Å². The van der Waals surface area contributed by atoms with E-state index in [0.29, 0.717) is 18.1 Å². The Hall–Kier alpha value is -2.82. The van der Waals surface area contributed by atoms with Crippen LogP contribution in [0.2, 0.25) is 0 Å². The van der Waals surface area contributed by atoms with E-state index in [1.165, 1.54) is 0 Å². The fourth-order valence-corrected chi connectivity index (χ4v) is 3.11. The summed E-state index contributed by atoms with van der Waals surface area (Å²) < 4.78 is 11.4. The summed E-state index contributed by atoms with van der Waals surface area (Å²) in [5, 5.41) is 6.17. The van der Waals surface area contributed by atoms with Crippen LogP contribution >= 0.6 is 0 Å². The van der Waals surface area contributed by atoms with Gasteiger partial charge in [0.15, 0.2) is 11.5 Å². The second kappa shape index (κ2) is 7.43. The molecule has 0 N–H and O–H groups in total. The lowest BCUT2D eigenvalue weighted by atomic mass is 9.83. The predicted molar refractivity (Wildman–Crippen MR) is 106 cm³/mol. The molecule has 3 rings (SSSR count). The zero-order valence-corrected chi connectivity index (χ0v) is 16.5. The summed E-state index contributed by atoms with van der Waals surface area (Å²) in [6, 6.07) is 15.7. The van der Waals surface area contributed by atoms with Gasteiger partial charge >= 0.3 is 0 Å². The van der Waals surface area contributed by atoms with Crippen LogP contribution in [0.4, 0.5) is 0 Å². The summed E-state index contributed by atoms with van der Waals surface area (Å²) in [6.45, 7) is 8.18. The van der Waals surface area contributed by atoms with Gasteiger partial charge in [0.2, 0.25) is 0 Å². The lowest BCUT2D eigenvalue weighted by Gasteiger charge is -2.22. The number of benzene rings is 2. The van der Waals surface area contributed by atoms with Crippen LogP contribution in [0.5, 0.6) is 11.5 Å². The molecule has 1 aliphatic heterocycles.